The molecule has 1 amide bonds. The molecule has 6 nitrogen and oxygen atoms in total. The van der Waals surface area contributed by atoms with Crippen molar-refractivity contribution in [1.29, 1.82) is 0 Å². The molecule has 1 aliphatic heterocycles. The van der Waals surface area contributed by atoms with Crippen LogP contribution in [0.4, 0.5) is 10.9 Å². The van der Waals surface area contributed by atoms with Gasteiger partial charge in [0, 0.05) is 32.7 Å². The number of nitrogens with one attached hydrogen (secondary N) is 2. The van der Waals surface area contributed by atoms with Gasteiger partial charge in [-0.15, -0.1) is 0 Å². The summed E-state index contributed by atoms with van der Waals surface area (Å²) in [4.78, 5) is 19.2. The van der Waals surface area contributed by atoms with Crippen molar-refractivity contribution in [2.24, 2.45) is 0 Å². The number of aromatic nitrogens is 1. The lowest BCUT2D eigenvalue weighted by molar-refractivity contribution is 0.0955. The predicted molar refractivity (Wildman–Crippen MR) is 87.1 cm³/mol. The van der Waals surface area contributed by atoms with Gasteiger partial charge >= 0.3 is 0 Å². The van der Waals surface area contributed by atoms with E-state index in [1.54, 1.807) is 11.3 Å². The van der Waals surface area contributed by atoms with Gasteiger partial charge < -0.3 is 21.3 Å². The number of thiophene rings is 1. The zero-order valence-electron chi connectivity index (χ0n) is 11.5. The number of carbonyl (C=O) groups excluding carboxylic acids is 1. The van der Waals surface area contributed by atoms with Gasteiger partial charge in [0.15, 0.2) is 5.13 Å². The van der Waals surface area contributed by atoms with E-state index in [0.29, 0.717) is 17.2 Å². The average molecular weight is 323 g/mol. The van der Waals surface area contributed by atoms with Crippen molar-refractivity contribution in [2.75, 3.05) is 36.8 Å². The smallest absolute Gasteiger partial charge is 0.265 e. The van der Waals surface area contributed by atoms with E-state index in [2.05, 4.69) is 20.5 Å². The van der Waals surface area contributed by atoms with E-state index in [0.717, 1.165) is 36.9 Å². The summed E-state index contributed by atoms with van der Waals surface area (Å²) >= 11 is 2.98. The lowest BCUT2D eigenvalue weighted by Crippen LogP contribution is -2.43. The number of carbonyl (C=O) groups is 1. The zero-order chi connectivity index (χ0) is 14.7. The molecule has 8 heteroatoms. The van der Waals surface area contributed by atoms with Crippen molar-refractivity contribution >= 4 is 39.5 Å². The second-order valence-electron chi connectivity index (χ2n) is 4.76. The average Bonchev–Trinajstić information content (AvgIpc) is 3.15. The van der Waals surface area contributed by atoms with Crippen LogP contribution in [0.25, 0.3) is 0 Å². The molecule has 2 aromatic rings. The molecule has 1 aliphatic rings. The quantitative estimate of drug-likeness (QED) is 0.785. The summed E-state index contributed by atoms with van der Waals surface area (Å²) in [6.07, 6.45) is 0. The number of thiazole rings is 1. The Morgan fingerprint density at radius 1 is 1.48 bits per heavy atom. The molecule has 0 spiro atoms. The van der Waals surface area contributed by atoms with Crippen LogP contribution in [-0.4, -0.2) is 37.1 Å². The van der Waals surface area contributed by atoms with Crippen LogP contribution in [-0.2, 0) is 6.54 Å². The molecule has 2 aromatic heterocycles. The van der Waals surface area contributed by atoms with E-state index in [1.807, 2.05) is 16.8 Å². The molecule has 0 atom stereocenters. The first kappa shape index (κ1) is 14.3. The molecule has 1 saturated heterocycles. The van der Waals surface area contributed by atoms with E-state index in [1.165, 1.54) is 11.3 Å². The van der Waals surface area contributed by atoms with Crippen LogP contribution >= 0.6 is 22.7 Å². The van der Waals surface area contributed by atoms with E-state index < -0.39 is 0 Å². The van der Waals surface area contributed by atoms with E-state index in [4.69, 9.17) is 5.73 Å². The minimum Gasteiger partial charge on any atom is -0.382 e. The van der Waals surface area contributed by atoms with Crippen LogP contribution in [0, 0.1) is 0 Å². The van der Waals surface area contributed by atoms with Gasteiger partial charge in [-0.1, -0.05) is 11.3 Å². The fourth-order valence-electron chi connectivity index (χ4n) is 2.13. The summed E-state index contributed by atoms with van der Waals surface area (Å²) in [5.41, 5.74) is 6.99. The summed E-state index contributed by atoms with van der Waals surface area (Å²) in [6.45, 7) is 4.16. The third-order valence-corrected chi connectivity index (χ3v) is 5.13. The van der Waals surface area contributed by atoms with Gasteiger partial charge in [0.25, 0.3) is 5.91 Å². The molecule has 0 radical (unpaired) electrons. The fourth-order valence-corrected chi connectivity index (χ4v) is 3.75. The number of hydrogen-bond acceptors (Lipinski definition) is 7. The first-order valence-electron chi connectivity index (χ1n) is 6.75. The molecule has 0 bridgehead atoms. The maximum absolute atomic E-state index is 12.2. The number of anilines is 2. The van der Waals surface area contributed by atoms with Crippen LogP contribution in [0.3, 0.4) is 0 Å². The molecular weight excluding hydrogens is 306 g/mol. The minimum absolute atomic E-state index is 0.155. The maximum atomic E-state index is 12.2. The van der Waals surface area contributed by atoms with Crippen molar-refractivity contribution in [3.05, 3.63) is 27.3 Å². The van der Waals surface area contributed by atoms with Crippen molar-refractivity contribution < 1.29 is 4.79 Å². The van der Waals surface area contributed by atoms with E-state index in [-0.39, 0.29) is 5.91 Å². The zero-order valence-corrected chi connectivity index (χ0v) is 13.1. The fraction of sp³-hybridized carbons (Fsp3) is 0.385. The molecule has 1 fully saturated rings. The standard InChI is InChI=1S/C13H17N5OS2/c14-11-10(12(19)16-7-9-1-6-20-8-9)21-13(17-11)18-4-2-15-3-5-18/h1,6,8,15H,2-5,7,14H2,(H,16,19). The predicted octanol–water partition coefficient (Wildman–Crippen LogP) is 1.13. The SMILES string of the molecule is Nc1nc(N2CCNCC2)sc1C(=O)NCc1ccsc1. The van der Waals surface area contributed by atoms with Crippen molar-refractivity contribution in [1.82, 2.24) is 15.6 Å². The molecule has 21 heavy (non-hydrogen) atoms. The first-order valence-corrected chi connectivity index (χ1v) is 8.51. The largest absolute Gasteiger partial charge is 0.382 e. The summed E-state index contributed by atoms with van der Waals surface area (Å²) in [6, 6.07) is 1.99. The third kappa shape index (κ3) is 3.34. The topological polar surface area (TPSA) is 83.3 Å². The van der Waals surface area contributed by atoms with Gasteiger partial charge in [-0.2, -0.15) is 11.3 Å². The van der Waals surface area contributed by atoms with E-state index >= 15 is 0 Å². The molecule has 0 aromatic carbocycles. The Hall–Kier alpha value is -1.64. The minimum atomic E-state index is -0.155. The molecule has 3 rings (SSSR count). The van der Waals surface area contributed by atoms with Crippen molar-refractivity contribution in [3.63, 3.8) is 0 Å². The van der Waals surface area contributed by atoms with Crippen LogP contribution in [0.5, 0.6) is 0 Å². The number of rotatable bonds is 4. The second kappa shape index (κ2) is 6.42. The van der Waals surface area contributed by atoms with Gasteiger partial charge in [-0.05, 0) is 22.4 Å². The van der Waals surface area contributed by atoms with Crippen LogP contribution in [0.2, 0.25) is 0 Å². The van der Waals surface area contributed by atoms with Crippen LogP contribution < -0.4 is 21.3 Å². The highest BCUT2D eigenvalue weighted by Crippen LogP contribution is 2.28. The maximum Gasteiger partial charge on any atom is 0.265 e. The Bertz CT molecular complexity index is 604. The summed E-state index contributed by atoms with van der Waals surface area (Å²) in [5.74, 6) is 0.161. The van der Waals surface area contributed by atoms with Crippen LogP contribution in [0.1, 0.15) is 15.2 Å². The monoisotopic (exact) mass is 323 g/mol. The molecule has 4 N–H and O–H groups in total. The molecule has 0 unspecified atom stereocenters. The molecule has 0 aliphatic carbocycles. The molecule has 112 valence electrons. The number of piperazine rings is 1. The van der Waals surface area contributed by atoms with Gasteiger partial charge in [0.2, 0.25) is 0 Å². The van der Waals surface area contributed by atoms with Gasteiger partial charge in [-0.3, -0.25) is 4.79 Å². The van der Waals surface area contributed by atoms with E-state index in [9.17, 15) is 4.79 Å². The molecule has 0 saturated carbocycles. The normalized spacial score (nSPS) is 15.1. The number of nitrogen functional groups attached to an aromatic ring is 1. The molecular formula is C13H17N5OS2. The lowest BCUT2D eigenvalue weighted by Gasteiger charge is -2.26. The Morgan fingerprint density at radius 2 is 2.29 bits per heavy atom. The Morgan fingerprint density at radius 3 is 3.00 bits per heavy atom. The number of nitrogens with zero attached hydrogens (tertiary/aromatic N) is 2. The van der Waals surface area contributed by atoms with Crippen LogP contribution in [0.15, 0.2) is 16.8 Å². The summed E-state index contributed by atoms with van der Waals surface area (Å²) in [7, 11) is 0. The summed E-state index contributed by atoms with van der Waals surface area (Å²) < 4.78 is 0. The lowest BCUT2D eigenvalue weighted by atomic mass is 10.3. The number of amides is 1. The molecule has 3 heterocycles. The number of hydrogen-bond donors (Lipinski definition) is 3. The third-order valence-electron chi connectivity index (χ3n) is 3.27. The van der Waals surface area contributed by atoms with Crippen molar-refractivity contribution in [3.8, 4) is 0 Å². The van der Waals surface area contributed by atoms with Gasteiger partial charge in [-0.25, -0.2) is 4.98 Å². The number of nitrogens with two attached hydrogens (primary N) is 1. The Balaban J connectivity index is 1.66. The highest BCUT2D eigenvalue weighted by Gasteiger charge is 2.20. The summed E-state index contributed by atoms with van der Waals surface area (Å²) in [5, 5.41) is 11.0. The first-order chi connectivity index (χ1) is 10.2. The Labute approximate surface area is 131 Å². The highest BCUT2D eigenvalue weighted by atomic mass is 32.1. The van der Waals surface area contributed by atoms with Crippen molar-refractivity contribution in [2.45, 2.75) is 6.54 Å². The Kier molecular flexibility index (Phi) is 4.37. The second-order valence-corrected chi connectivity index (χ2v) is 6.52. The van der Waals surface area contributed by atoms with Gasteiger partial charge in [0.05, 0.1) is 0 Å². The highest BCUT2D eigenvalue weighted by molar-refractivity contribution is 7.18. The van der Waals surface area contributed by atoms with Gasteiger partial charge in [0.1, 0.15) is 10.7 Å².